The second-order valence-electron chi connectivity index (χ2n) is 12.5. The molecule has 0 fully saturated rings. The molecule has 0 saturated heterocycles. The predicted molar refractivity (Wildman–Crippen MR) is 127 cm³/mol. The number of benzene rings is 2. The van der Waals surface area contributed by atoms with Gasteiger partial charge in [-0.25, -0.2) is 0 Å². The molecule has 0 nitrogen and oxygen atoms in total. The van der Waals surface area contributed by atoms with Gasteiger partial charge in [0.25, 0.3) is 0 Å². The van der Waals surface area contributed by atoms with Crippen LogP contribution >= 0.6 is 0 Å². The van der Waals surface area contributed by atoms with Crippen molar-refractivity contribution in [3.05, 3.63) is 58.7 Å². The van der Waals surface area contributed by atoms with E-state index in [1.807, 2.05) is 0 Å². The van der Waals surface area contributed by atoms with Crippen molar-refractivity contribution in [3.8, 4) is 11.1 Å². The van der Waals surface area contributed by atoms with Crippen LogP contribution in [0.15, 0.2) is 36.4 Å². The maximum absolute atomic E-state index is 2.53. The third kappa shape index (κ3) is 4.53. The second-order valence-corrected chi connectivity index (χ2v) is 12.5. The summed E-state index contributed by atoms with van der Waals surface area (Å²) in [5.74, 6) is 0. The summed E-state index contributed by atoms with van der Waals surface area (Å²) in [4.78, 5) is 0. The van der Waals surface area contributed by atoms with Gasteiger partial charge in [-0.2, -0.15) is 0 Å². The zero-order chi connectivity index (χ0) is 21.7. The summed E-state index contributed by atoms with van der Waals surface area (Å²) in [5, 5.41) is 0. The highest BCUT2D eigenvalue weighted by Gasteiger charge is 2.37. The zero-order valence-corrected chi connectivity index (χ0v) is 20.5. The van der Waals surface area contributed by atoms with E-state index in [4.69, 9.17) is 0 Å². The van der Waals surface area contributed by atoms with E-state index in [0.29, 0.717) is 0 Å². The first-order chi connectivity index (χ1) is 12.5. The van der Waals surface area contributed by atoms with Gasteiger partial charge < -0.3 is 0 Å². The van der Waals surface area contributed by atoms with Crippen molar-refractivity contribution in [2.24, 2.45) is 0 Å². The van der Waals surface area contributed by atoms with Crippen molar-refractivity contribution < 1.29 is 0 Å². The third-order valence-corrected chi connectivity index (χ3v) is 5.51. The van der Waals surface area contributed by atoms with E-state index in [2.05, 4.69) is 119 Å². The smallest absolute Gasteiger partial charge is 0.0106 e. The molecule has 0 aliphatic heterocycles. The topological polar surface area (TPSA) is 0 Å². The maximum Gasteiger partial charge on any atom is -0.0106 e. The molecule has 2 aromatic rings. The molecule has 2 aromatic carbocycles. The molecular weight excluding hydrogens is 336 g/mol. The van der Waals surface area contributed by atoms with Crippen LogP contribution < -0.4 is 0 Å². The SMILES string of the molecule is CC(C)(C)c1cc(C(C)(C)C)c(C(C)(C)C)c(C(C)(C)C)c1-c1ccccc1. The van der Waals surface area contributed by atoms with Crippen LogP contribution in [-0.4, -0.2) is 0 Å². The van der Waals surface area contributed by atoms with Gasteiger partial charge in [-0.05, 0) is 55.0 Å². The van der Waals surface area contributed by atoms with E-state index >= 15 is 0 Å². The van der Waals surface area contributed by atoms with Crippen molar-refractivity contribution in [1.29, 1.82) is 0 Å². The normalized spacial score (nSPS) is 13.7. The van der Waals surface area contributed by atoms with Crippen molar-refractivity contribution in [1.82, 2.24) is 0 Å². The first-order valence-electron chi connectivity index (χ1n) is 10.7. The van der Waals surface area contributed by atoms with E-state index in [0.717, 1.165) is 0 Å². The van der Waals surface area contributed by atoms with Crippen molar-refractivity contribution >= 4 is 0 Å². The molecule has 0 aliphatic carbocycles. The van der Waals surface area contributed by atoms with Gasteiger partial charge in [0.2, 0.25) is 0 Å². The molecular formula is C28H42. The summed E-state index contributed by atoms with van der Waals surface area (Å²) < 4.78 is 0. The van der Waals surface area contributed by atoms with Crippen LogP contribution in [0.3, 0.4) is 0 Å². The van der Waals surface area contributed by atoms with Gasteiger partial charge in [-0.3, -0.25) is 0 Å². The molecule has 0 bridgehead atoms. The second kappa shape index (κ2) is 7.05. The van der Waals surface area contributed by atoms with Crippen LogP contribution in [0, 0.1) is 0 Å². The van der Waals surface area contributed by atoms with Gasteiger partial charge in [0.15, 0.2) is 0 Å². The average molecular weight is 379 g/mol. The van der Waals surface area contributed by atoms with Crippen LogP contribution in [0.4, 0.5) is 0 Å². The first-order valence-corrected chi connectivity index (χ1v) is 10.7. The van der Waals surface area contributed by atoms with Crippen LogP contribution in [0.1, 0.15) is 105 Å². The fourth-order valence-corrected chi connectivity index (χ4v) is 4.30. The molecule has 0 unspecified atom stereocenters. The molecule has 0 spiro atoms. The highest BCUT2D eigenvalue weighted by molar-refractivity contribution is 5.77. The van der Waals surface area contributed by atoms with E-state index in [-0.39, 0.29) is 21.7 Å². The lowest BCUT2D eigenvalue weighted by molar-refractivity contribution is 0.492. The van der Waals surface area contributed by atoms with Crippen molar-refractivity contribution in [3.63, 3.8) is 0 Å². The van der Waals surface area contributed by atoms with Crippen molar-refractivity contribution in [2.75, 3.05) is 0 Å². The molecule has 0 saturated carbocycles. The molecule has 154 valence electrons. The molecule has 0 heterocycles. The van der Waals surface area contributed by atoms with Crippen LogP contribution in [0.25, 0.3) is 11.1 Å². The van der Waals surface area contributed by atoms with Gasteiger partial charge >= 0.3 is 0 Å². The Morgan fingerprint density at radius 1 is 0.464 bits per heavy atom. The quantitative estimate of drug-likeness (QED) is 0.466. The summed E-state index contributed by atoms with van der Waals surface area (Å²) >= 11 is 0. The monoisotopic (exact) mass is 378 g/mol. The van der Waals surface area contributed by atoms with E-state index in [9.17, 15) is 0 Å². The molecule has 2 rings (SSSR count). The third-order valence-electron chi connectivity index (χ3n) is 5.51. The van der Waals surface area contributed by atoms with Crippen LogP contribution in [-0.2, 0) is 21.7 Å². The molecule has 0 amide bonds. The minimum Gasteiger partial charge on any atom is -0.0622 e. The Kier molecular flexibility index (Phi) is 5.72. The lowest BCUT2D eigenvalue weighted by atomic mass is 9.63. The predicted octanol–water partition coefficient (Wildman–Crippen LogP) is 8.54. The summed E-state index contributed by atoms with van der Waals surface area (Å²) in [6, 6.07) is 13.5. The van der Waals surface area contributed by atoms with Gasteiger partial charge in [0.1, 0.15) is 0 Å². The zero-order valence-electron chi connectivity index (χ0n) is 20.5. The Morgan fingerprint density at radius 2 is 0.893 bits per heavy atom. The van der Waals surface area contributed by atoms with Crippen LogP contribution in [0.5, 0.6) is 0 Å². The lowest BCUT2D eigenvalue weighted by Gasteiger charge is -2.41. The van der Waals surface area contributed by atoms with Gasteiger partial charge in [0.05, 0.1) is 0 Å². The molecule has 28 heavy (non-hydrogen) atoms. The molecule has 0 N–H and O–H groups in total. The van der Waals surface area contributed by atoms with Gasteiger partial charge in [0, 0.05) is 0 Å². The minimum atomic E-state index is 0.0506. The fourth-order valence-electron chi connectivity index (χ4n) is 4.30. The molecule has 0 radical (unpaired) electrons. The molecule has 0 atom stereocenters. The molecule has 0 heteroatoms. The lowest BCUT2D eigenvalue weighted by Crippen LogP contribution is -2.31. The summed E-state index contributed by atoms with van der Waals surface area (Å²) in [5.41, 5.74) is 9.07. The minimum absolute atomic E-state index is 0.0506. The Hall–Kier alpha value is -1.56. The fraction of sp³-hybridized carbons (Fsp3) is 0.571. The largest absolute Gasteiger partial charge is 0.0622 e. The Morgan fingerprint density at radius 3 is 1.25 bits per heavy atom. The first kappa shape index (κ1) is 22.7. The summed E-state index contributed by atoms with van der Waals surface area (Å²) in [6.45, 7) is 28.4. The van der Waals surface area contributed by atoms with Crippen LogP contribution in [0.2, 0.25) is 0 Å². The number of hydrogen-bond acceptors (Lipinski definition) is 0. The average Bonchev–Trinajstić information content (AvgIpc) is 2.50. The Balaban J connectivity index is 3.23. The van der Waals surface area contributed by atoms with Gasteiger partial charge in [-0.15, -0.1) is 0 Å². The van der Waals surface area contributed by atoms with E-state index < -0.39 is 0 Å². The van der Waals surface area contributed by atoms with Gasteiger partial charge in [-0.1, -0.05) is 119 Å². The molecule has 0 aliphatic rings. The number of rotatable bonds is 1. The highest BCUT2D eigenvalue weighted by atomic mass is 14.4. The number of hydrogen-bond donors (Lipinski definition) is 0. The molecule has 0 aromatic heterocycles. The summed E-state index contributed by atoms with van der Waals surface area (Å²) in [7, 11) is 0. The van der Waals surface area contributed by atoms with E-state index in [1.54, 1.807) is 0 Å². The standard InChI is InChI=1S/C28H42/c1-25(2,3)20-18-21(26(4,5)6)23(27(7,8)9)24(28(10,11)12)22(20)19-16-14-13-15-17-19/h13-18H,1-12H3. The highest BCUT2D eigenvalue weighted by Crippen LogP contribution is 2.49. The Labute approximate surface area is 174 Å². The maximum atomic E-state index is 2.53. The van der Waals surface area contributed by atoms with E-state index in [1.165, 1.54) is 33.4 Å². The summed E-state index contributed by atoms with van der Waals surface area (Å²) in [6.07, 6.45) is 0. The Bertz CT molecular complexity index is 823. The van der Waals surface area contributed by atoms with Crippen molar-refractivity contribution in [2.45, 2.75) is 105 Å².